The highest BCUT2D eigenvalue weighted by Crippen LogP contribution is 2.16. The van der Waals surface area contributed by atoms with Crippen molar-refractivity contribution in [1.29, 1.82) is 0 Å². The SMILES string of the molecule is Cc1nc(N)c(C)c(NCCOCC(N)=O)n1. The van der Waals surface area contributed by atoms with Gasteiger partial charge in [0.25, 0.3) is 0 Å². The average molecular weight is 239 g/mol. The molecule has 7 nitrogen and oxygen atoms in total. The maximum atomic E-state index is 10.4. The molecule has 0 aromatic carbocycles. The average Bonchev–Trinajstić information content (AvgIpc) is 2.23. The van der Waals surface area contributed by atoms with Crippen LogP contribution in [0.1, 0.15) is 11.4 Å². The van der Waals surface area contributed by atoms with E-state index in [0.29, 0.717) is 30.6 Å². The Kier molecular flexibility index (Phi) is 4.65. The Bertz CT molecular complexity index is 408. The number of carbonyl (C=O) groups is 1. The number of hydrogen-bond donors (Lipinski definition) is 3. The predicted octanol–water partition coefficient (Wildman–Crippen LogP) is -0.411. The molecule has 7 heteroatoms. The summed E-state index contributed by atoms with van der Waals surface area (Å²) in [6.45, 7) is 4.41. The molecule has 0 atom stereocenters. The first-order chi connectivity index (χ1) is 8.00. The van der Waals surface area contributed by atoms with Crippen LogP contribution in [0, 0.1) is 13.8 Å². The van der Waals surface area contributed by atoms with Crippen LogP contribution in [-0.2, 0) is 9.53 Å². The minimum Gasteiger partial charge on any atom is -0.383 e. The zero-order valence-electron chi connectivity index (χ0n) is 9.99. The first kappa shape index (κ1) is 13.2. The van der Waals surface area contributed by atoms with Crippen LogP contribution in [0.5, 0.6) is 0 Å². The Labute approximate surface area is 99.6 Å². The van der Waals surface area contributed by atoms with Crippen molar-refractivity contribution < 1.29 is 9.53 Å². The molecule has 0 aliphatic heterocycles. The molecule has 0 aliphatic rings. The molecule has 1 rings (SSSR count). The molecule has 0 aliphatic carbocycles. The second kappa shape index (κ2) is 6.00. The third-order valence-corrected chi connectivity index (χ3v) is 2.08. The first-order valence-electron chi connectivity index (χ1n) is 5.21. The van der Waals surface area contributed by atoms with Gasteiger partial charge in [0.2, 0.25) is 5.91 Å². The topological polar surface area (TPSA) is 116 Å². The lowest BCUT2D eigenvalue weighted by molar-refractivity contribution is -0.122. The van der Waals surface area contributed by atoms with Gasteiger partial charge in [-0.3, -0.25) is 4.79 Å². The van der Waals surface area contributed by atoms with Crippen LogP contribution in [0.3, 0.4) is 0 Å². The number of aromatic nitrogens is 2. The van der Waals surface area contributed by atoms with Gasteiger partial charge in [-0.1, -0.05) is 0 Å². The number of nitrogens with two attached hydrogens (primary N) is 2. The van der Waals surface area contributed by atoms with E-state index < -0.39 is 5.91 Å². The highest BCUT2D eigenvalue weighted by Gasteiger charge is 2.05. The Morgan fingerprint density at radius 1 is 1.41 bits per heavy atom. The summed E-state index contributed by atoms with van der Waals surface area (Å²) < 4.78 is 5.01. The van der Waals surface area contributed by atoms with Crippen molar-refractivity contribution in [2.45, 2.75) is 13.8 Å². The van der Waals surface area contributed by atoms with E-state index in [9.17, 15) is 4.79 Å². The van der Waals surface area contributed by atoms with Gasteiger partial charge in [-0.25, -0.2) is 9.97 Å². The molecule has 0 fully saturated rings. The van der Waals surface area contributed by atoms with E-state index in [1.165, 1.54) is 0 Å². The van der Waals surface area contributed by atoms with Gasteiger partial charge >= 0.3 is 0 Å². The number of aryl methyl sites for hydroxylation is 1. The second-order valence-electron chi connectivity index (χ2n) is 3.58. The summed E-state index contributed by atoms with van der Waals surface area (Å²) in [4.78, 5) is 18.7. The maximum Gasteiger partial charge on any atom is 0.243 e. The summed E-state index contributed by atoms with van der Waals surface area (Å²) in [6, 6.07) is 0. The normalized spacial score (nSPS) is 10.2. The van der Waals surface area contributed by atoms with E-state index in [1.807, 2.05) is 6.92 Å². The molecule has 17 heavy (non-hydrogen) atoms. The van der Waals surface area contributed by atoms with Crippen molar-refractivity contribution in [1.82, 2.24) is 9.97 Å². The summed E-state index contributed by atoms with van der Waals surface area (Å²) in [6.07, 6.45) is 0. The number of amides is 1. The maximum absolute atomic E-state index is 10.4. The van der Waals surface area contributed by atoms with Crippen LogP contribution in [-0.4, -0.2) is 35.6 Å². The molecule has 0 bridgehead atoms. The molecular weight excluding hydrogens is 222 g/mol. The fourth-order valence-electron chi connectivity index (χ4n) is 1.24. The molecule has 94 valence electrons. The molecule has 0 unspecified atom stereocenters. The minimum atomic E-state index is -0.483. The smallest absolute Gasteiger partial charge is 0.243 e. The van der Waals surface area contributed by atoms with Crippen LogP contribution >= 0.6 is 0 Å². The van der Waals surface area contributed by atoms with Crippen LogP contribution in [0.15, 0.2) is 0 Å². The molecule has 0 saturated heterocycles. The van der Waals surface area contributed by atoms with Gasteiger partial charge in [0.1, 0.15) is 24.1 Å². The standard InChI is InChI=1S/C10H17N5O2/c1-6-9(12)14-7(2)15-10(6)13-3-4-17-5-8(11)16/h3-5H2,1-2H3,(H2,11,16)(H3,12,13,14,15). The third-order valence-electron chi connectivity index (χ3n) is 2.08. The number of nitrogens with one attached hydrogen (secondary N) is 1. The number of primary amides is 1. The number of nitrogens with zero attached hydrogens (tertiary/aromatic N) is 2. The van der Waals surface area contributed by atoms with Crippen molar-refractivity contribution in [2.75, 3.05) is 30.8 Å². The number of hydrogen-bond acceptors (Lipinski definition) is 6. The highest BCUT2D eigenvalue weighted by atomic mass is 16.5. The molecule has 1 aromatic heterocycles. The fourth-order valence-corrected chi connectivity index (χ4v) is 1.24. The van der Waals surface area contributed by atoms with Gasteiger partial charge in [0, 0.05) is 12.1 Å². The van der Waals surface area contributed by atoms with Crippen LogP contribution < -0.4 is 16.8 Å². The molecule has 1 amide bonds. The summed E-state index contributed by atoms with van der Waals surface area (Å²) in [5.41, 5.74) is 11.4. The molecule has 0 spiro atoms. The Morgan fingerprint density at radius 3 is 2.76 bits per heavy atom. The Hall–Kier alpha value is -1.89. The fraction of sp³-hybridized carbons (Fsp3) is 0.500. The molecular formula is C10H17N5O2. The minimum absolute atomic E-state index is 0.0778. The number of ether oxygens (including phenoxy) is 1. The van der Waals surface area contributed by atoms with E-state index in [-0.39, 0.29) is 6.61 Å². The van der Waals surface area contributed by atoms with Crippen LogP contribution in [0.2, 0.25) is 0 Å². The summed E-state index contributed by atoms with van der Waals surface area (Å²) >= 11 is 0. The molecule has 5 N–H and O–H groups in total. The zero-order valence-corrected chi connectivity index (χ0v) is 9.99. The molecule has 0 radical (unpaired) electrons. The Morgan fingerprint density at radius 2 is 2.12 bits per heavy atom. The number of nitrogen functional groups attached to an aromatic ring is 1. The van der Waals surface area contributed by atoms with Crippen molar-refractivity contribution in [3.8, 4) is 0 Å². The number of anilines is 2. The van der Waals surface area contributed by atoms with Gasteiger partial charge in [-0.15, -0.1) is 0 Å². The van der Waals surface area contributed by atoms with Crippen LogP contribution in [0.4, 0.5) is 11.6 Å². The third kappa shape index (κ3) is 4.23. The van der Waals surface area contributed by atoms with Gasteiger partial charge in [-0.2, -0.15) is 0 Å². The van der Waals surface area contributed by atoms with Gasteiger partial charge in [0.15, 0.2) is 0 Å². The molecule has 1 heterocycles. The van der Waals surface area contributed by atoms with E-state index >= 15 is 0 Å². The summed E-state index contributed by atoms with van der Waals surface area (Å²) in [7, 11) is 0. The van der Waals surface area contributed by atoms with Crippen LogP contribution in [0.25, 0.3) is 0 Å². The lowest BCUT2D eigenvalue weighted by atomic mass is 10.3. The lowest BCUT2D eigenvalue weighted by Gasteiger charge is -2.10. The number of rotatable bonds is 6. The van der Waals surface area contributed by atoms with E-state index in [4.69, 9.17) is 16.2 Å². The first-order valence-corrected chi connectivity index (χ1v) is 5.21. The van der Waals surface area contributed by atoms with Crippen molar-refractivity contribution in [2.24, 2.45) is 5.73 Å². The quantitative estimate of drug-likeness (QED) is 0.581. The van der Waals surface area contributed by atoms with E-state index in [2.05, 4.69) is 15.3 Å². The summed E-state index contributed by atoms with van der Waals surface area (Å²) in [5.74, 6) is 1.26. The van der Waals surface area contributed by atoms with Crippen molar-refractivity contribution in [3.05, 3.63) is 11.4 Å². The van der Waals surface area contributed by atoms with Gasteiger partial charge in [-0.05, 0) is 13.8 Å². The zero-order chi connectivity index (χ0) is 12.8. The van der Waals surface area contributed by atoms with Crippen molar-refractivity contribution >= 4 is 17.5 Å². The monoisotopic (exact) mass is 239 g/mol. The Balaban J connectivity index is 2.44. The summed E-state index contributed by atoms with van der Waals surface area (Å²) in [5, 5.41) is 3.06. The van der Waals surface area contributed by atoms with Gasteiger partial charge in [0.05, 0.1) is 6.61 Å². The van der Waals surface area contributed by atoms with Crippen molar-refractivity contribution in [3.63, 3.8) is 0 Å². The molecule has 1 aromatic rings. The number of carbonyl (C=O) groups excluding carboxylic acids is 1. The van der Waals surface area contributed by atoms with E-state index in [0.717, 1.165) is 5.56 Å². The highest BCUT2D eigenvalue weighted by molar-refractivity contribution is 5.74. The van der Waals surface area contributed by atoms with Gasteiger partial charge < -0.3 is 21.5 Å². The van der Waals surface area contributed by atoms with E-state index in [1.54, 1.807) is 6.92 Å². The largest absolute Gasteiger partial charge is 0.383 e. The lowest BCUT2D eigenvalue weighted by Crippen LogP contribution is -2.21. The molecule has 0 saturated carbocycles. The predicted molar refractivity (Wildman–Crippen MR) is 64.4 cm³/mol. The second-order valence-corrected chi connectivity index (χ2v) is 3.58.